The molecule has 0 radical (unpaired) electrons. The Morgan fingerprint density at radius 3 is 2.76 bits per heavy atom. The minimum Gasteiger partial charge on any atom is -0.494 e. The number of hydrogen-bond acceptors (Lipinski definition) is 5. The Morgan fingerprint density at radius 1 is 1.32 bits per heavy atom. The first-order valence-corrected chi connectivity index (χ1v) is 7.75. The lowest BCUT2D eigenvalue weighted by Gasteiger charge is -2.16. The van der Waals surface area contributed by atoms with Crippen LogP contribution in [0.4, 0.5) is 11.4 Å². The number of nitrogens with two attached hydrogens (primary N) is 1. The van der Waals surface area contributed by atoms with E-state index in [1.165, 1.54) is 12.3 Å². The van der Waals surface area contributed by atoms with Crippen molar-refractivity contribution in [3.8, 4) is 16.9 Å². The van der Waals surface area contributed by atoms with Gasteiger partial charge in [-0.05, 0) is 12.1 Å². The molecule has 0 aliphatic heterocycles. The molecule has 1 amide bonds. The first-order valence-electron chi connectivity index (χ1n) is 7.38. The van der Waals surface area contributed by atoms with E-state index in [-0.39, 0.29) is 10.7 Å². The summed E-state index contributed by atoms with van der Waals surface area (Å²) in [7, 11) is 3.42. The second-order valence-electron chi connectivity index (χ2n) is 5.33. The molecule has 0 saturated carbocycles. The third-order valence-corrected chi connectivity index (χ3v) is 3.85. The molecule has 0 atom stereocenters. The van der Waals surface area contributed by atoms with E-state index >= 15 is 0 Å². The SMILES string of the molecule is COc1c(Nc2cc(Cl)ncc2C(N)=O)cccc1-c1cnn(C)c1. The number of pyridine rings is 1. The number of carbonyl (C=O) groups excluding carboxylic acids is 1. The number of aromatic nitrogens is 3. The number of amides is 1. The number of hydrogen-bond donors (Lipinski definition) is 2. The largest absolute Gasteiger partial charge is 0.494 e. The highest BCUT2D eigenvalue weighted by Gasteiger charge is 2.15. The van der Waals surface area contributed by atoms with Crippen LogP contribution in [0.5, 0.6) is 5.75 Å². The summed E-state index contributed by atoms with van der Waals surface area (Å²) in [5.74, 6) is 0.00732. The highest BCUT2D eigenvalue weighted by atomic mass is 35.5. The highest BCUT2D eigenvalue weighted by Crippen LogP contribution is 2.38. The van der Waals surface area contributed by atoms with Gasteiger partial charge in [-0.3, -0.25) is 9.48 Å². The molecule has 0 unspecified atom stereocenters. The Kier molecular flexibility index (Phi) is 4.58. The van der Waals surface area contributed by atoms with E-state index in [9.17, 15) is 4.79 Å². The molecule has 2 heterocycles. The topological polar surface area (TPSA) is 95.1 Å². The minimum atomic E-state index is -0.603. The molecule has 3 aromatic rings. The fraction of sp³-hybridized carbons (Fsp3) is 0.118. The lowest BCUT2D eigenvalue weighted by molar-refractivity contribution is 0.100. The van der Waals surface area contributed by atoms with Gasteiger partial charge in [0.25, 0.3) is 5.91 Å². The molecule has 0 bridgehead atoms. The number of rotatable bonds is 5. The number of carbonyl (C=O) groups is 1. The first kappa shape index (κ1) is 16.8. The van der Waals surface area contributed by atoms with E-state index in [0.717, 1.165) is 11.1 Å². The van der Waals surface area contributed by atoms with Gasteiger partial charge in [-0.1, -0.05) is 23.7 Å². The molecule has 1 aromatic carbocycles. The van der Waals surface area contributed by atoms with Crippen molar-refractivity contribution in [2.45, 2.75) is 0 Å². The number of primary amides is 1. The molecule has 3 N–H and O–H groups in total. The van der Waals surface area contributed by atoms with Crippen LogP contribution in [0.25, 0.3) is 11.1 Å². The van der Waals surface area contributed by atoms with Gasteiger partial charge in [0.15, 0.2) is 0 Å². The van der Waals surface area contributed by atoms with Crippen molar-refractivity contribution < 1.29 is 9.53 Å². The smallest absolute Gasteiger partial charge is 0.252 e. The number of anilines is 2. The molecule has 128 valence electrons. The molecule has 0 aliphatic rings. The van der Waals surface area contributed by atoms with Crippen LogP contribution in [0, 0.1) is 0 Å². The quantitative estimate of drug-likeness (QED) is 0.684. The van der Waals surface area contributed by atoms with Gasteiger partial charge in [-0.25, -0.2) is 4.98 Å². The summed E-state index contributed by atoms with van der Waals surface area (Å²) in [5, 5.41) is 7.58. The highest BCUT2D eigenvalue weighted by molar-refractivity contribution is 6.29. The normalized spacial score (nSPS) is 10.5. The monoisotopic (exact) mass is 357 g/mol. The molecular formula is C17H16ClN5O2. The average molecular weight is 358 g/mol. The maximum absolute atomic E-state index is 11.6. The number of nitrogens with one attached hydrogen (secondary N) is 1. The number of ether oxygens (including phenoxy) is 1. The summed E-state index contributed by atoms with van der Waals surface area (Å²) in [6.07, 6.45) is 4.98. The standard InChI is InChI=1S/C17H16ClN5O2/c1-23-9-10(7-21-23)11-4-3-5-13(16(11)25-2)22-14-6-15(18)20-8-12(14)17(19)24/h3-9H,1-2H3,(H2,19,24)(H,20,22). The van der Waals surface area contributed by atoms with Crippen LogP contribution in [-0.4, -0.2) is 27.8 Å². The fourth-order valence-corrected chi connectivity index (χ4v) is 2.68. The van der Waals surface area contributed by atoms with Crippen molar-refractivity contribution in [2.24, 2.45) is 12.8 Å². The molecule has 7 nitrogen and oxygen atoms in total. The van der Waals surface area contributed by atoms with E-state index in [2.05, 4.69) is 15.4 Å². The Balaban J connectivity index is 2.07. The van der Waals surface area contributed by atoms with Gasteiger partial charge in [0.1, 0.15) is 10.9 Å². The van der Waals surface area contributed by atoms with E-state index < -0.39 is 5.91 Å². The summed E-state index contributed by atoms with van der Waals surface area (Å²) in [4.78, 5) is 15.5. The summed E-state index contributed by atoms with van der Waals surface area (Å²) < 4.78 is 7.29. The maximum atomic E-state index is 11.6. The van der Waals surface area contributed by atoms with Crippen LogP contribution in [0.3, 0.4) is 0 Å². The molecule has 0 fully saturated rings. The van der Waals surface area contributed by atoms with Crippen LogP contribution >= 0.6 is 11.6 Å². The zero-order valence-electron chi connectivity index (χ0n) is 13.7. The van der Waals surface area contributed by atoms with Crippen molar-refractivity contribution in [3.63, 3.8) is 0 Å². The summed E-state index contributed by atoms with van der Waals surface area (Å²) >= 11 is 5.95. The lowest BCUT2D eigenvalue weighted by Crippen LogP contribution is -2.14. The molecule has 3 rings (SSSR count). The third-order valence-electron chi connectivity index (χ3n) is 3.64. The molecule has 25 heavy (non-hydrogen) atoms. The van der Waals surface area contributed by atoms with Gasteiger partial charge >= 0.3 is 0 Å². The minimum absolute atomic E-state index is 0.234. The van der Waals surface area contributed by atoms with Gasteiger partial charge in [-0.15, -0.1) is 0 Å². The van der Waals surface area contributed by atoms with Crippen molar-refractivity contribution in [3.05, 3.63) is 53.6 Å². The van der Waals surface area contributed by atoms with Gasteiger partial charge in [0.05, 0.1) is 30.2 Å². The lowest BCUT2D eigenvalue weighted by atomic mass is 10.1. The Hall–Kier alpha value is -3.06. The number of nitrogens with zero attached hydrogens (tertiary/aromatic N) is 3. The predicted molar refractivity (Wildman–Crippen MR) is 96.2 cm³/mol. The van der Waals surface area contributed by atoms with E-state index in [1.54, 1.807) is 18.0 Å². The second-order valence-corrected chi connectivity index (χ2v) is 5.72. The number of para-hydroxylation sites is 1. The summed E-state index contributed by atoms with van der Waals surface area (Å²) in [5.41, 5.74) is 8.53. The maximum Gasteiger partial charge on any atom is 0.252 e. The zero-order valence-corrected chi connectivity index (χ0v) is 14.4. The van der Waals surface area contributed by atoms with Crippen LogP contribution in [0.1, 0.15) is 10.4 Å². The van der Waals surface area contributed by atoms with Gasteiger partial charge in [0.2, 0.25) is 0 Å². The van der Waals surface area contributed by atoms with Gasteiger partial charge in [-0.2, -0.15) is 5.10 Å². The van der Waals surface area contributed by atoms with Crippen molar-refractivity contribution in [2.75, 3.05) is 12.4 Å². The molecular weight excluding hydrogens is 342 g/mol. The number of benzene rings is 1. The molecule has 0 saturated heterocycles. The zero-order chi connectivity index (χ0) is 18.0. The van der Waals surface area contributed by atoms with Crippen LogP contribution < -0.4 is 15.8 Å². The molecule has 0 spiro atoms. The third kappa shape index (κ3) is 3.41. The van der Waals surface area contributed by atoms with E-state index in [1.807, 2.05) is 31.4 Å². The van der Waals surface area contributed by atoms with Gasteiger partial charge < -0.3 is 15.8 Å². The number of halogens is 1. The summed E-state index contributed by atoms with van der Waals surface area (Å²) in [6.45, 7) is 0. The van der Waals surface area contributed by atoms with E-state index in [0.29, 0.717) is 17.1 Å². The van der Waals surface area contributed by atoms with Crippen molar-refractivity contribution in [1.82, 2.24) is 14.8 Å². The fourth-order valence-electron chi connectivity index (χ4n) is 2.52. The Labute approximate surface area is 149 Å². The van der Waals surface area contributed by atoms with E-state index in [4.69, 9.17) is 22.1 Å². The Morgan fingerprint density at radius 2 is 2.12 bits per heavy atom. The predicted octanol–water partition coefficient (Wildman–Crippen LogP) is 2.99. The van der Waals surface area contributed by atoms with Crippen molar-refractivity contribution >= 4 is 28.9 Å². The Bertz CT molecular complexity index is 939. The summed E-state index contributed by atoms with van der Waals surface area (Å²) in [6, 6.07) is 7.17. The average Bonchev–Trinajstić information content (AvgIpc) is 3.00. The number of aryl methyl sites for hydroxylation is 1. The molecule has 2 aromatic heterocycles. The molecule has 0 aliphatic carbocycles. The van der Waals surface area contributed by atoms with Crippen LogP contribution in [0.2, 0.25) is 5.15 Å². The second kappa shape index (κ2) is 6.82. The number of methoxy groups -OCH3 is 1. The van der Waals surface area contributed by atoms with Crippen LogP contribution in [-0.2, 0) is 7.05 Å². The van der Waals surface area contributed by atoms with Crippen molar-refractivity contribution in [1.29, 1.82) is 0 Å². The molecule has 8 heteroatoms. The van der Waals surface area contributed by atoms with Crippen LogP contribution in [0.15, 0.2) is 42.9 Å². The van der Waals surface area contributed by atoms with Gasteiger partial charge in [0, 0.05) is 30.6 Å². The first-order chi connectivity index (χ1) is 12.0.